The smallest absolute Gasteiger partial charge is 0.155 e. The third kappa shape index (κ3) is 6.25. The summed E-state index contributed by atoms with van der Waals surface area (Å²) in [5, 5.41) is 3.94. The zero-order chi connectivity index (χ0) is 15.2. The van der Waals surface area contributed by atoms with Crippen molar-refractivity contribution in [3.63, 3.8) is 0 Å². The molecule has 1 atom stereocenters. The van der Waals surface area contributed by atoms with E-state index in [2.05, 4.69) is 12.2 Å². The third-order valence-electron chi connectivity index (χ3n) is 3.19. The molecule has 0 aliphatic rings. The second kappa shape index (κ2) is 8.01. The quantitative estimate of drug-likeness (QED) is 0.800. The Bertz CT molecular complexity index is 497. The van der Waals surface area contributed by atoms with Crippen LogP contribution < -0.4 is 5.32 Å². The van der Waals surface area contributed by atoms with Crippen molar-refractivity contribution in [2.45, 2.75) is 39.0 Å². The first-order chi connectivity index (χ1) is 9.34. The molecule has 1 rings (SSSR count). The van der Waals surface area contributed by atoms with E-state index in [4.69, 9.17) is 11.6 Å². The zero-order valence-electron chi connectivity index (χ0n) is 12.4. The molecule has 0 aromatic heterocycles. The van der Waals surface area contributed by atoms with Gasteiger partial charge in [0.15, 0.2) is 9.84 Å². The molecule has 0 fully saturated rings. The maximum Gasteiger partial charge on any atom is 0.155 e. The Kier molecular flexibility index (Phi) is 7.00. The fourth-order valence-electron chi connectivity index (χ4n) is 1.98. The van der Waals surface area contributed by atoms with Crippen molar-refractivity contribution in [3.8, 4) is 0 Å². The molecule has 20 heavy (non-hydrogen) atoms. The molecule has 0 saturated heterocycles. The Labute approximate surface area is 127 Å². The predicted molar refractivity (Wildman–Crippen MR) is 85.9 cm³/mol. The highest BCUT2D eigenvalue weighted by Gasteiger charge is 2.21. The largest absolute Gasteiger partial charge is 0.313 e. The number of benzene rings is 1. The van der Waals surface area contributed by atoms with E-state index in [-0.39, 0.29) is 17.5 Å². The van der Waals surface area contributed by atoms with Crippen molar-refractivity contribution in [1.82, 2.24) is 5.32 Å². The van der Waals surface area contributed by atoms with Crippen molar-refractivity contribution in [2.24, 2.45) is 5.92 Å². The Morgan fingerprint density at radius 3 is 2.30 bits per heavy atom. The van der Waals surface area contributed by atoms with Crippen molar-refractivity contribution >= 4 is 21.4 Å². The fourth-order valence-corrected chi connectivity index (χ4v) is 3.98. The molecule has 1 aromatic rings. The molecule has 114 valence electrons. The van der Waals surface area contributed by atoms with Crippen LogP contribution in [0.25, 0.3) is 0 Å². The highest BCUT2D eigenvalue weighted by Crippen LogP contribution is 2.14. The summed E-state index contributed by atoms with van der Waals surface area (Å²) in [6, 6.07) is 6.99. The molecule has 0 radical (unpaired) electrons. The number of hydrogen-bond acceptors (Lipinski definition) is 3. The van der Waals surface area contributed by atoms with Gasteiger partial charge in [-0.25, -0.2) is 8.42 Å². The zero-order valence-corrected chi connectivity index (χ0v) is 14.0. The van der Waals surface area contributed by atoms with Crippen LogP contribution >= 0.6 is 11.6 Å². The summed E-state index contributed by atoms with van der Waals surface area (Å²) in [6.07, 6.45) is 1.00. The number of rotatable bonds is 8. The van der Waals surface area contributed by atoms with Gasteiger partial charge in [-0.15, -0.1) is 0 Å². The lowest BCUT2D eigenvalue weighted by Crippen LogP contribution is -2.40. The maximum absolute atomic E-state index is 12.3. The second-order valence-corrected chi connectivity index (χ2v) is 8.03. The minimum Gasteiger partial charge on any atom is -0.313 e. The molecule has 0 aliphatic heterocycles. The van der Waals surface area contributed by atoms with E-state index in [1.54, 1.807) is 24.3 Å². The summed E-state index contributed by atoms with van der Waals surface area (Å²) in [6.45, 7) is 7.02. The Balaban J connectivity index is 2.69. The van der Waals surface area contributed by atoms with Gasteiger partial charge in [-0.05, 0) is 36.6 Å². The summed E-state index contributed by atoms with van der Waals surface area (Å²) in [5.74, 6) is 0.538. The third-order valence-corrected chi connectivity index (χ3v) is 5.09. The Hall–Kier alpha value is -0.580. The van der Waals surface area contributed by atoms with Crippen LogP contribution in [-0.4, -0.2) is 26.8 Å². The van der Waals surface area contributed by atoms with Gasteiger partial charge >= 0.3 is 0 Å². The van der Waals surface area contributed by atoms with Gasteiger partial charge in [-0.1, -0.05) is 44.5 Å². The lowest BCUT2D eigenvalue weighted by molar-refractivity contribution is 0.426. The normalized spacial score (nSPS) is 13.7. The first-order valence-electron chi connectivity index (χ1n) is 7.02. The molecule has 0 saturated carbocycles. The van der Waals surface area contributed by atoms with Crippen molar-refractivity contribution in [1.29, 1.82) is 0 Å². The number of sulfone groups is 1. The van der Waals surface area contributed by atoms with E-state index in [1.807, 2.05) is 13.8 Å². The summed E-state index contributed by atoms with van der Waals surface area (Å²) in [5.41, 5.74) is 0.785. The Morgan fingerprint density at radius 2 is 1.80 bits per heavy atom. The minimum absolute atomic E-state index is 0.00671. The van der Waals surface area contributed by atoms with E-state index in [0.717, 1.165) is 18.5 Å². The standard InChI is InChI=1S/C15H24ClNO2S/c1-4-9-17-15(12(2)3)11-20(18,19)10-13-5-7-14(16)8-6-13/h5-8,12,15,17H,4,9-11H2,1-3H3. The first kappa shape index (κ1) is 17.5. The average Bonchev–Trinajstić information content (AvgIpc) is 2.36. The van der Waals surface area contributed by atoms with Gasteiger partial charge in [0.2, 0.25) is 0 Å². The summed E-state index contributed by atoms with van der Waals surface area (Å²) < 4.78 is 24.6. The van der Waals surface area contributed by atoms with Gasteiger partial charge in [0.25, 0.3) is 0 Å². The lowest BCUT2D eigenvalue weighted by atomic mass is 10.1. The molecular weight excluding hydrogens is 294 g/mol. The molecule has 3 nitrogen and oxygen atoms in total. The molecule has 1 aromatic carbocycles. The van der Waals surface area contributed by atoms with Gasteiger partial charge in [-0.2, -0.15) is 0 Å². The van der Waals surface area contributed by atoms with Gasteiger partial charge in [0, 0.05) is 11.1 Å². The van der Waals surface area contributed by atoms with Crippen molar-refractivity contribution in [2.75, 3.05) is 12.3 Å². The first-order valence-corrected chi connectivity index (χ1v) is 9.22. The van der Waals surface area contributed by atoms with Crippen LogP contribution in [0.5, 0.6) is 0 Å². The van der Waals surface area contributed by atoms with E-state index in [9.17, 15) is 8.42 Å². The number of halogens is 1. The topological polar surface area (TPSA) is 46.2 Å². The highest BCUT2D eigenvalue weighted by molar-refractivity contribution is 7.90. The van der Waals surface area contributed by atoms with Crippen LogP contribution in [0.2, 0.25) is 5.02 Å². The molecule has 0 aliphatic carbocycles. The van der Waals surface area contributed by atoms with Crippen LogP contribution in [-0.2, 0) is 15.6 Å². The molecular formula is C15H24ClNO2S. The van der Waals surface area contributed by atoms with E-state index in [1.165, 1.54) is 0 Å². The molecule has 1 N–H and O–H groups in total. The van der Waals surface area contributed by atoms with Gasteiger partial charge in [0.05, 0.1) is 11.5 Å². The van der Waals surface area contributed by atoms with Gasteiger partial charge in [0.1, 0.15) is 0 Å². The lowest BCUT2D eigenvalue weighted by Gasteiger charge is -2.22. The fraction of sp³-hybridized carbons (Fsp3) is 0.600. The van der Waals surface area contributed by atoms with Gasteiger partial charge in [-0.3, -0.25) is 0 Å². The summed E-state index contributed by atoms with van der Waals surface area (Å²) >= 11 is 5.81. The van der Waals surface area contributed by atoms with E-state index in [0.29, 0.717) is 10.9 Å². The summed E-state index contributed by atoms with van der Waals surface area (Å²) in [7, 11) is -3.13. The molecule has 5 heteroatoms. The van der Waals surface area contributed by atoms with E-state index < -0.39 is 9.84 Å². The average molecular weight is 318 g/mol. The molecule has 0 spiro atoms. The van der Waals surface area contributed by atoms with Crippen LogP contribution in [0.15, 0.2) is 24.3 Å². The Morgan fingerprint density at radius 1 is 1.20 bits per heavy atom. The highest BCUT2D eigenvalue weighted by atomic mass is 35.5. The van der Waals surface area contributed by atoms with E-state index >= 15 is 0 Å². The van der Waals surface area contributed by atoms with Crippen LogP contribution in [0.4, 0.5) is 0 Å². The molecule has 0 heterocycles. The van der Waals surface area contributed by atoms with Crippen molar-refractivity contribution in [3.05, 3.63) is 34.9 Å². The monoisotopic (exact) mass is 317 g/mol. The minimum atomic E-state index is -3.13. The van der Waals surface area contributed by atoms with Crippen molar-refractivity contribution < 1.29 is 8.42 Å². The predicted octanol–water partition coefficient (Wildman–Crippen LogP) is 3.28. The summed E-state index contributed by atoms with van der Waals surface area (Å²) in [4.78, 5) is 0. The second-order valence-electron chi connectivity index (χ2n) is 5.49. The molecule has 1 unspecified atom stereocenters. The maximum atomic E-state index is 12.3. The van der Waals surface area contributed by atoms with Crippen LogP contribution in [0.3, 0.4) is 0 Å². The van der Waals surface area contributed by atoms with Crippen LogP contribution in [0, 0.1) is 5.92 Å². The SMILES string of the molecule is CCCNC(CS(=O)(=O)Cc1ccc(Cl)cc1)C(C)C. The molecule has 0 amide bonds. The van der Waals surface area contributed by atoms with Crippen LogP contribution in [0.1, 0.15) is 32.8 Å². The number of nitrogens with one attached hydrogen (secondary N) is 1. The molecule has 0 bridgehead atoms. The van der Waals surface area contributed by atoms with Gasteiger partial charge < -0.3 is 5.32 Å². The number of hydrogen-bond donors (Lipinski definition) is 1.